The zero-order chi connectivity index (χ0) is 23.0. The molecule has 0 spiro atoms. The number of hydrogen-bond donors (Lipinski definition) is 1. The molecule has 4 nitrogen and oxygen atoms in total. The summed E-state index contributed by atoms with van der Waals surface area (Å²) in [5, 5.41) is 9.77. The van der Waals surface area contributed by atoms with Crippen molar-refractivity contribution in [2.45, 2.75) is 78.6 Å². The average Bonchev–Trinajstić information content (AvgIpc) is 2.64. The van der Waals surface area contributed by atoms with Gasteiger partial charge in [0.25, 0.3) is 0 Å². The van der Waals surface area contributed by atoms with Crippen molar-refractivity contribution in [1.82, 2.24) is 4.90 Å². The van der Waals surface area contributed by atoms with Crippen molar-refractivity contribution in [1.29, 1.82) is 0 Å². The second kappa shape index (κ2) is 8.97. The van der Waals surface area contributed by atoms with E-state index in [1.807, 2.05) is 12.3 Å². The lowest BCUT2D eigenvalue weighted by atomic mass is 9.63. The number of amides is 1. The van der Waals surface area contributed by atoms with Gasteiger partial charge in [-0.25, -0.2) is 0 Å². The molecule has 2 aliphatic rings. The molecule has 0 aromatic heterocycles. The molecular weight excluding hydrogens is 410 g/mol. The summed E-state index contributed by atoms with van der Waals surface area (Å²) in [7, 11) is 0. The van der Waals surface area contributed by atoms with Gasteiger partial charge in [-0.05, 0) is 65.7 Å². The number of carbonyl (C=O) groups excluding carboxylic acids is 1. The Morgan fingerprint density at radius 2 is 1.94 bits per heavy atom. The molecule has 1 aliphatic heterocycles. The molecule has 1 atom stereocenters. The van der Waals surface area contributed by atoms with Crippen molar-refractivity contribution in [3.63, 3.8) is 0 Å². The van der Waals surface area contributed by atoms with Gasteiger partial charge in [0.1, 0.15) is 0 Å². The van der Waals surface area contributed by atoms with E-state index in [1.165, 1.54) is 24.8 Å². The zero-order valence-corrected chi connectivity index (χ0v) is 20.3. The van der Waals surface area contributed by atoms with E-state index >= 15 is 0 Å². The highest BCUT2D eigenvalue weighted by Gasteiger charge is 2.40. The van der Waals surface area contributed by atoms with E-state index in [1.54, 1.807) is 4.90 Å². The Bertz CT molecular complexity index is 881. The van der Waals surface area contributed by atoms with Crippen LogP contribution in [0.5, 0.6) is 0 Å². The average molecular weight is 446 g/mol. The largest absolute Gasteiger partial charge is 0.481 e. The standard InChI is InChI=1S/C26H36ClNO3/c1-17(2)21-16-28(11-10-24(30)31)23(29)15-26(21,5)20-9-8-19(22(27)12-20)7-6-18-13-25(3,4)14-18/h8-9,12,16-18H,6-7,10-11,13-15H2,1-5H3,(H,30,31)/t26-/m1/s1. The number of nitrogens with zero attached hydrogens (tertiary/aromatic N) is 1. The van der Waals surface area contributed by atoms with Crippen molar-refractivity contribution in [3.05, 3.63) is 46.1 Å². The first-order valence-corrected chi connectivity index (χ1v) is 11.8. The summed E-state index contributed by atoms with van der Waals surface area (Å²) in [6.45, 7) is 11.2. The predicted molar refractivity (Wildman–Crippen MR) is 125 cm³/mol. The minimum Gasteiger partial charge on any atom is -0.481 e. The lowest BCUT2D eigenvalue weighted by Gasteiger charge is -2.43. The number of aliphatic carboxylic acids is 1. The molecule has 5 heteroatoms. The third-order valence-corrected chi connectivity index (χ3v) is 7.49. The maximum absolute atomic E-state index is 12.8. The molecule has 0 radical (unpaired) electrons. The maximum atomic E-state index is 12.8. The number of allylic oxidation sites excluding steroid dienone is 1. The summed E-state index contributed by atoms with van der Waals surface area (Å²) in [5.74, 6) is 0.0896. The zero-order valence-electron chi connectivity index (χ0n) is 19.5. The molecule has 1 saturated carbocycles. The van der Waals surface area contributed by atoms with E-state index in [4.69, 9.17) is 16.7 Å². The topological polar surface area (TPSA) is 57.6 Å². The van der Waals surface area contributed by atoms with Crippen LogP contribution in [0.2, 0.25) is 5.02 Å². The third-order valence-electron chi connectivity index (χ3n) is 7.14. The fraction of sp³-hybridized carbons (Fsp3) is 0.615. The van der Waals surface area contributed by atoms with Crippen LogP contribution in [0.3, 0.4) is 0 Å². The highest BCUT2D eigenvalue weighted by molar-refractivity contribution is 6.31. The van der Waals surface area contributed by atoms with Crippen LogP contribution >= 0.6 is 11.6 Å². The minimum absolute atomic E-state index is 0.0408. The fourth-order valence-electron chi connectivity index (χ4n) is 5.51. The van der Waals surface area contributed by atoms with Crippen LogP contribution in [0.1, 0.15) is 77.8 Å². The summed E-state index contributed by atoms with van der Waals surface area (Å²) in [5.41, 5.74) is 3.43. The Kier molecular flexibility index (Phi) is 6.90. The smallest absolute Gasteiger partial charge is 0.305 e. The van der Waals surface area contributed by atoms with E-state index in [2.05, 4.69) is 46.8 Å². The van der Waals surface area contributed by atoms with Crippen molar-refractivity contribution in [2.24, 2.45) is 17.3 Å². The van der Waals surface area contributed by atoms with Crippen LogP contribution in [0.4, 0.5) is 0 Å². The molecule has 170 valence electrons. The van der Waals surface area contributed by atoms with Gasteiger partial charge in [0.05, 0.1) is 6.42 Å². The first kappa shape index (κ1) is 23.8. The summed E-state index contributed by atoms with van der Waals surface area (Å²) >= 11 is 6.71. The monoisotopic (exact) mass is 445 g/mol. The predicted octanol–water partition coefficient (Wildman–Crippen LogP) is 6.21. The van der Waals surface area contributed by atoms with Crippen LogP contribution in [-0.4, -0.2) is 28.4 Å². The van der Waals surface area contributed by atoms with E-state index in [9.17, 15) is 9.59 Å². The van der Waals surface area contributed by atoms with Gasteiger partial charge in [-0.15, -0.1) is 0 Å². The molecule has 1 aromatic carbocycles. The Hall–Kier alpha value is -1.81. The highest BCUT2D eigenvalue weighted by Crippen LogP contribution is 2.47. The summed E-state index contributed by atoms with van der Waals surface area (Å²) in [6, 6.07) is 6.30. The van der Waals surface area contributed by atoms with E-state index in [0.717, 1.165) is 28.5 Å². The number of carbonyl (C=O) groups is 2. The van der Waals surface area contributed by atoms with Crippen molar-refractivity contribution < 1.29 is 14.7 Å². The van der Waals surface area contributed by atoms with Crippen LogP contribution in [0.25, 0.3) is 0 Å². The Labute approximate surface area is 191 Å². The molecule has 1 aromatic rings. The number of benzene rings is 1. The van der Waals surface area contributed by atoms with E-state index in [-0.39, 0.29) is 24.8 Å². The Balaban J connectivity index is 1.79. The van der Waals surface area contributed by atoms with Crippen LogP contribution in [-0.2, 0) is 21.4 Å². The molecule has 0 bridgehead atoms. The van der Waals surface area contributed by atoms with Crippen LogP contribution < -0.4 is 0 Å². The molecule has 1 N–H and O–H groups in total. The fourth-order valence-corrected chi connectivity index (χ4v) is 5.78. The minimum atomic E-state index is -0.895. The Morgan fingerprint density at radius 1 is 1.26 bits per heavy atom. The first-order chi connectivity index (χ1) is 14.4. The summed E-state index contributed by atoms with van der Waals surface area (Å²) in [4.78, 5) is 25.4. The number of halogens is 1. The third kappa shape index (κ3) is 5.34. The van der Waals surface area contributed by atoms with Gasteiger partial charge in [0, 0.05) is 29.6 Å². The van der Waals surface area contributed by atoms with Crippen molar-refractivity contribution >= 4 is 23.5 Å². The SMILES string of the molecule is CC(C)C1=CN(CCC(=O)O)C(=O)C[C@]1(C)c1ccc(CCC2CC(C)(C)C2)c(Cl)c1. The van der Waals surface area contributed by atoms with Gasteiger partial charge >= 0.3 is 5.97 Å². The quantitative estimate of drug-likeness (QED) is 0.517. The van der Waals surface area contributed by atoms with Gasteiger partial charge in [-0.1, -0.05) is 58.4 Å². The van der Waals surface area contributed by atoms with Crippen LogP contribution in [0.15, 0.2) is 30.0 Å². The van der Waals surface area contributed by atoms with Crippen LogP contribution in [0, 0.1) is 17.3 Å². The maximum Gasteiger partial charge on any atom is 0.305 e. The first-order valence-electron chi connectivity index (χ1n) is 11.4. The van der Waals surface area contributed by atoms with Gasteiger partial charge in [-0.3, -0.25) is 9.59 Å². The molecule has 1 amide bonds. The number of carboxylic acids is 1. The van der Waals surface area contributed by atoms with E-state index < -0.39 is 11.4 Å². The van der Waals surface area contributed by atoms with Gasteiger partial charge in [0.2, 0.25) is 5.91 Å². The lowest BCUT2D eigenvalue weighted by Crippen LogP contribution is -2.42. The Morgan fingerprint density at radius 3 is 2.48 bits per heavy atom. The molecule has 0 unspecified atom stereocenters. The number of rotatable bonds is 8. The molecule has 31 heavy (non-hydrogen) atoms. The summed E-state index contributed by atoms with van der Waals surface area (Å²) < 4.78 is 0. The summed E-state index contributed by atoms with van der Waals surface area (Å²) in [6.07, 6.45) is 6.90. The molecule has 3 rings (SSSR count). The molecule has 1 fully saturated rings. The van der Waals surface area contributed by atoms with Gasteiger partial charge in [0.15, 0.2) is 0 Å². The second-order valence-electron chi connectivity index (χ2n) is 10.8. The van der Waals surface area contributed by atoms with Gasteiger partial charge in [-0.2, -0.15) is 0 Å². The van der Waals surface area contributed by atoms with Gasteiger partial charge < -0.3 is 10.0 Å². The number of carboxylic acid groups (broad SMARTS) is 1. The van der Waals surface area contributed by atoms with Crippen molar-refractivity contribution in [2.75, 3.05) is 6.54 Å². The van der Waals surface area contributed by atoms with E-state index in [0.29, 0.717) is 11.8 Å². The van der Waals surface area contributed by atoms with Crippen molar-refractivity contribution in [3.8, 4) is 0 Å². The molecular formula is C26H36ClNO3. The molecule has 1 aliphatic carbocycles. The number of hydrogen-bond acceptors (Lipinski definition) is 2. The molecule has 1 heterocycles. The normalized spacial score (nSPS) is 23.6. The second-order valence-corrected chi connectivity index (χ2v) is 11.2. The molecule has 0 saturated heterocycles. The lowest BCUT2D eigenvalue weighted by molar-refractivity contribution is -0.138. The number of aryl methyl sites for hydroxylation is 1. The highest BCUT2D eigenvalue weighted by atomic mass is 35.5.